The van der Waals surface area contributed by atoms with Crippen LogP contribution < -0.4 is 5.73 Å². The van der Waals surface area contributed by atoms with Crippen molar-refractivity contribution >= 4 is 63.8 Å². The van der Waals surface area contributed by atoms with Crippen LogP contribution in [-0.2, 0) is 0 Å². The molecule has 66 valence electrons. The van der Waals surface area contributed by atoms with E-state index in [-0.39, 0.29) is 63.8 Å². The minimum absolute atomic E-state index is 0. The Morgan fingerprint density at radius 1 is 0.909 bits per heavy atom. The van der Waals surface area contributed by atoms with Crippen LogP contribution in [0.25, 0.3) is 0 Å². The summed E-state index contributed by atoms with van der Waals surface area (Å²) in [5.74, 6) is 0. The summed E-state index contributed by atoms with van der Waals surface area (Å²) in [6.45, 7) is 3.11. The molecule has 0 fully saturated rings. The molecule has 2 N–H and O–H groups in total. The molecule has 0 rings (SSSR count). The number of unbranched alkanes of at least 4 members (excludes halogenated alkanes) is 5. The van der Waals surface area contributed by atoms with Gasteiger partial charge in [0.05, 0.1) is 0 Å². The number of halogens is 1. The van der Waals surface area contributed by atoms with Crippen LogP contribution in [0.3, 0.4) is 0 Å². The van der Waals surface area contributed by atoms with E-state index in [9.17, 15) is 0 Å². The number of hydrogen-bond acceptors (Lipinski definition) is 1. The van der Waals surface area contributed by atoms with Gasteiger partial charge in [-0.05, 0) is 13.0 Å². The van der Waals surface area contributed by atoms with Crippen molar-refractivity contribution in [1.29, 1.82) is 0 Å². The topological polar surface area (TPSA) is 26.0 Å². The van der Waals surface area contributed by atoms with Crippen molar-refractivity contribution in [1.82, 2.24) is 0 Å². The molecule has 0 aliphatic carbocycles. The van der Waals surface area contributed by atoms with Gasteiger partial charge in [0.1, 0.15) is 0 Å². The Morgan fingerprint density at radius 2 is 1.36 bits per heavy atom. The summed E-state index contributed by atoms with van der Waals surface area (Å²) in [4.78, 5) is 0. The van der Waals surface area contributed by atoms with Crippen molar-refractivity contribution in [3.63, 3.8) is 0 Å². The van der Waals surface area contributed by atoms with Crippen LogP contribution >= 0.6 is 12.4 Å². The fourth-order valence-electron chi connectivity index (χ4n) is 0.925. The van der Waals surface area contributed by atoms with E-state index in [2.05, 4.69) is 6.92 Å². The van der Waals surface area contributed by atoms with E-state index in [1.165, 1.54) is 38.5 Å². The van der Waals surface area contributed by atoms with Gasteiger partial charge in [0.25, 0.3) is 0 Å². The van der Waals surface area contributed by atoms with Crippen LogP contribution in [0, 0.1) is 0 Å². The first kappa shape index (κ1) is 18.6. The molecule has 0 heterocycles. The molecular formula is C8H21ClKN. The van der Waals surface area contributed by atoms with Crippen LogP contribution in [0.2, 0.25) is 0 Å². The number of nitrogens with two attached hydrogens (primary N) is 1. The molecule has 0 saturated heterocycles. The molecule has 1 nitrogen and oxygen atoms in total. The van der Waals surface area contributed by atoms with E-state index < -0.39 is 0 Å². The molecule has 0 unspecified atom stereocenters. The third kappa shape index (κ3) is 18.7. The first-order valence-corrected chi connectivity index (χ1v) is 4.12. The first-order valence-electron chi connectivity index (χ1n) is 4.12. The van der Waals surface area contributed by atoms with Gasteiger partial charge in [0, 0.05) is 0 Å². The zero-order valence-corrected chi connectivity index (χ0v) is 7.75. The van der Waals surface area contributed by atoms with Crippen molar-refractivity contribution in [3.8, 4) is 0 Å². The van der Waals surface area contributed by atoms with Crippen LogP contribution in [0.15, 0.2) is 0 Å². The van der Waals surface area contributed by atoms with Gasteiger partial charge in [0.2, 0.25) is 0 Å². The average molecular weight is 206 g/mol. The maximum atomic E-state index is 5.34. The SMILES string of the molecule is CCCCCCCCN.Cl.[KH]. The Labute approximate surface area is 120 Å². The van der Waals surface area contributed by atoms with Gasteiger partial charge in [-0.2, -0.15) is 0 Å². The van der Waals surface area contributed by atoms with Crippen LogP contribution in [-0.4, -0.2) is 57.9 Å². The normalized spacial score (nSPS) is 8.18. The van der Waals surface area contributed by atoms with E-state index in [0.29, 0.717) is 0 Å². The second-order valence-electron chi connectivity index (χ2n) is 2.56. The zero-order chi connectivity index (χ0) is 6.95. The quantitative estimate of drug-likeness (QED) is 0.522. The Balaban J connectivity index is -0.000000320. The van der Waals surface area contributed by atoms with Crippen LogP contribution in [0.1, 0.15) is 45.4 Å². The molecule has 0 atom stereocenters. The van der Waals surface area contributed by atoms with Gasteiger partial charge in [-0.3, -0.25) is 0 Å². The predicted octanol–water partition coefficient (Wildman–Crippen LogP) is 2.08. The van der Waals surface area contributed by atoms with Gasteiger partial charge in [-0.25, -0.2) is 0 Å². The molecule has 0 amide bonds. The Kier molecular flexibility index (Phi) is 30.2. The maximum absolute atomic E-state index is 5.34. The summed E-state index contributed by atoms with van der Waals surface area (Å²) in [7, 11) is 0. The van der Waals surface area contributed by atoms with Gasteiger partial charge in [-0.15, -0.1) is 12.4 Å². The van der Waals surface area contributed by atoms with Crippen LogP contribution in [0.4, 0.5) is 0 Å². The fourth-order valence-corrected chi connectivity index (χ4v) is 0.925. The third-order valence-corrected chi connectivity index (χ3v) is 1.56. The summed E-state index contributed by atoms with van der Waals surface area (Å²) >= 11 is 0. The molecule has 0 radical (unpaired) electrons. The van der Waals surface area contributed by atoms with Gasteiger partial charge < -0.3 is 5.73 Å². The van der Waals surface area contributed by atoms with Gasteiger partial charge in [-0.1, -0.05) is 39.0 Å². The van der Waals surface area contributed by atoms with Crippen molar-refractivity contribution in [2.45, 2.75) is 45.4 Å². The van der Waals surface area contributed by atoms with E-state index >= 15 is 0 Å². The molecule has 0 aliphatic heterocycles. The Morgan fingerprint density at radius 3 is 1.82 bits per heavy atom. The van der Waals surface area contributed by atoms with Gasteiger partial charge >= 0.3 is 51.4 Å². The third-order valence-electron chi connectivity index (χ3n) is 1.56. The van der Waals surface area contributed by atoms with Crippen molar-refractivity contribution in [2.75, 3.05) is 6.54 Å². The van der Waals surface area contributed by atoms with Crippen LogP contribution in [0.5, 0.6) is 0 Å². The fraction of sp³-hybridized carbons (Fsp3) is 1.00. The van der Waals surface area contributed by atoms with E-state index in [1.54, 1.807) is 0 Å². The second-order valence-corrected chi connectivity index (χ2v) is 2.56. The van der Waals surface area contributed by atoms with Gasteiger partial charge in [0.15, 0.2) is 0 Å². The summed E-state index contributed by atoms with van der Waals surface area (Å²) < 4.78 is 0. The Hall–Kier alpha value is 1.89. The first-order chi connectivity index (χ1) is 4.41. The minimum atomic E-state index is 0. The monoisotopic (exact) mass is 205 g/mol. The molecule has 0 saturated carbocycles. The number of hydrogen-bond donors (Lipinski definition) is 1. The Bertz CT molecular complexity index is 47.4. The number of rotatable bonds is 6. The summed E-state index contributed by atoms with van der Waals surface area (Å²) in [6.07, 6.45) is 8.05. The van der Waals surface area contributed by atoms with E-state index in [4.69, 9.17) is 5.73 Å². The zero-order valence-electron chi connectivity index (χ0n) is 6.94. The van der Waals surface area contributed by atoms with E-state index in [1.807, 2.05) is 0 Å². The molecule has 0 bridgehead atoms. The predicted molar refractivity (Wildman–Crippen MR) is 56.8 cm³/mol. The summed E-state index contributed by atoms with van der Waals surface area (Å²) in [5.41, 5.74) is 5.34. The molecular weight excluding hydrogens is 185 g/mol. The molecule has 0 aromatic heterocycles. The summed E-state index contributed by atoms with van der Waals surface area (Å²) in [5, 5.41) is 0. The molecule has 0 aromatic rings. The standard InChI is InChI=1S/C8H19N.ClH.K.H/c1-2-3-4-5-6-7-8-9;;;/h2-9H2,1H3;1H;;. The molecule has 3 heteroatoms. The van der Waals surface area contributed by atoms with E-state index in [0.717, 1.165) is 6.54 Å². The average Bonchev–Trinajstić information content (AvgIpc) is 1.89. The van der Waals surface area contributed by atoms with Crippen molar-refractivity contribution in [2.24, 2.45) is 5.73 Å². The molecule has 0 spiro atoms. The molecule has 0 aliphatic rings. The van der Waals surface area contributed by atoms with Crippen molar-refractivity contribution in [3.05, 3.63) is 0 Å². The summed E-state index contributed by atoms with van der Waals surface area (Å²) in [6, 6.07) is 0. The molecule has 11 heavy (non-hydrogen) atoms. The molecule has 0 aromatic carbocycles. The second kappa shape index (κ2) is 17.8. The van der Waals surface area contributed by atoms with Crippen molar-refractivity contribution < 1.29 is 0 Å².